The van der Waals surface area contributed by atoms with E-state index in [-0.39, 0.29) is 17.4 Å². The van der Waals surface area contributed by atoms with Crippen LogP contribution in [0.4, 0.5) is 5.82 Å². The van der Waals surface area contributed by atoms with Crippen LogP contribution in [0, 0.1) is 5.92 Å². The number of pyridine rings is 1. The molecule has 0 aliphatic heterocycles. The third kappa shape index (κ3) is 3.01. The Hall–Kier alpha value is -3.09. The fourth-order valence-corrected chi connectivity index (χ4v) is 2.52. The smallest absolute Gasteiger partial charge is 0.278 e. The van der Waals surface area contributed by atoms with E-state index >= 15 is 0 Å². The lowest BCUT2D eigenvalue weighted by atomic mass is 10.0. The molecule has 0 aliphatic rings. The summed E-state index contributed by atoms with van der Waals surface area (Å²) in [6.07, 6.45) is 1.59. The topological polar surface area (TPSA) is 89.8 Å². The number of benzene rings is 1. The van der Waals surface area contributed by atoms with E-state index in [2.05, 4.69) is 20.6 Å². The second-order valence-electron chi connectivity index (χ2n) is 5.75. The number of rotatable bonds is 4. The number of nitrogens with one attached hydrogen (secondary N) is 1. The highest BCUT2D eigenvalue weighted by atomic mass is 16.2. The van der Waals surface area contributed by atoms with E-state index in [1.54, 1.807) is 48.7 Å². The highest BCUT2D eigenvalue weighted by molar-refractivity contribution is 5.93. The molecule has 3 aromatic rings. The van der Waals surface area contributed by atoms with Crippen molar-refractivity contribution in [2.45, 2.75) is 19.9 Å². The van der Waals surface area contributed by atoms with E-state index in [0.717, 1.165) is 4.68 Å². The van der Waals surface area contributed by atoms with Gasteiger partial charge >= 0.3 is 0 Å². The minimum atomic E-state index is -0.781. The van der Waals surface area contributed by atoms with Gasteiger partial charge in [0.1, 0.15) is 17.4 Å². The first-order valence-electron chi connectivity index (χ1n) is 7.64. The van der Waals surface area contributed by atoms with Crippen LogP contribution in [-0.4, -0.2) is 25.9 Å². The maximum atomic E-state index is 12.7. The van der Waals surface area contributed by atoms with Gasteiger partial charge in [0.05, 0.1) is 5.39 Å². The quantitative estimate of drug-likeness (QED) is 0.793. The molecule has 24 heavy (non-hydrogen) atoms. The van der Waals surface area contributed by atoms with Crippen molar-refractivity contribution in [2.75, 3.05) is 5.32 Å². The summed E-state index contributed by atoms with van der Waals surface area (Å²) in [5, 5.41) is 11.2. The van der Waals surface area contributed by atoms with Gasteiger partial charge in [0.2, 0.25) is 0 Å². The van der Waals surface area contributed by atoms with E-state index in [1.165, 1.54) is 0 Å². The first-order valence-corrected chi connectivity index (χ1v) is 7.64. The first kappa shape index (κ1) is 15.8. The fourth-order valence-electron chi connectivity index (χ4n) is 2.52. The monoisotopic (exact) mass is 323 g/mol. The Kier molecular flexibility index (Phi) is 4.33. The molecule has 1 amide bonds. The van der Waals surface area contributed by atoms with Crippen molar-refractivity contribution in [2.24, 2.45) is 5.92 Å². The molecule has 1 N–H and O–H groups in total. The third-order valence-electron chi connectivity index (χ3n) is 3.67. The van der Waals surface area contributed by atoms with Crippen molar-refractivity contribution in [1.29, 1.82) is 0 Å². The number of hydrogen-bond acceptors (Lipinski definition) is 5. The third-order valence-corrected chi connectivity index (χ3v) is 3.67. The zero-order chi connectivity index (χ0) is 17.1. The van der Waals surface area contributed by atoms with Gasteiger partial charge in [0.25, 0.3) is 11.5 Å². The number of fused-ring (bicyclic) bond motifs is 1. The molecule has 1 atom stereocenters. The Morgan fingerprint density at radius 1 is 1.12 bits per heavy atom. The van der Waals surface area contributed by atoms with Gasteiger partial charge in [0, 0.05) is 6.20 Å². The Morgan fingerprint density at radius 3 is 2.58 bits per heavy atom. The lowest BCUT2D eigenvalue weighted by Gasteiger charge is -2.20. The standard InChI is InChI=1S/C17H17N5O2/c1-11(2)15(16(23)19-14-9-5-6-10-18-14)22-17(24)12-7-3-4-8-13(12)20-21-22/h3-11,15H,1-2H3,(H,18,19,23). The number of nitrogens with zero attached hydrogens (tertiary/aromatic N) is 4. The SMILES string of the molecule is CC(C)C(C(=O)Nc1ccccn1)n1nnc2ccccc2c1=O. The lowest BCUT2D eigenvalue weighted by molar-refractivity contribution is -0.120. The van der Waals surface area contributed by atoms with Crippen LogP contribution in [0.1, 0.15) is 19.9 Å². The van der Waals surface area contributed by atoms with Crippen LogP contribution < -0.4 is 10.9 Å². The summed E-state index contributed by atoms with van der Waals surface area (Å²) in [6.45, 7) is 3.71. The molecule has 1 aromatic carbocycles. The zero-order valence-corrected chi connectivity index (χ0v) is 13.4. The summed E-state index contributed by atoms with van der Waals surface area (Å²) >= 11 is 0. The predicted molar refractivity (Wildman–Crippen MR) is 90.5 cm³/mol. The molecule has 0 bridgehead atoms. The number of amides is 1. The Morgan fingerprint density at radius 2 is 1.88 bits per heavy atom. The molecule has 2 heterocycles. The van der Waals surface area contributed by atoms with Crippen LogP contribution in [0.2, 0.25) is 0 Å². The van der Waals surface area contributed by atoms with Crippen LogP contribution in [0.3, 0.4) is 0 Å². The van der Waals surface area contributed by atoms with Gasteiger partial charge in [-0.15, -0.1) is 5.10 Å². The summed E-state index contributed by atoms with van der Waals surface area (Å²) in [6, 6.07) is 11.4. The van der Waals surface area contributed by atoms with E-state index in [4.69, 9.17) is 0 Å². The minimum Gasteiger partial charge on any atom is -0.309 e. The molecule has 3 rings (SSSR count). The maximum Gasteiger partial charge on any atom is 0.278 e. The molecule has 0 radical (unpaired) electrons. The summed E-state index contributed by atoms with van der Waals surface area (Å²) in [4.78, 5) is 29.4. The van der Waals surface area contributed by atoms with Crippen LogP contribution in [-0.2, 0) is 4.79 Å². The number of carbonyl (C=O) groups excluding carboxylic acids is 1. The predicted octanol–water partition coefficient (Wildman–Crippen LogP) is 2.02. The molecule has 0 saturated carbocycles. The van der Waals surface area contributed by atoms with E-state index in [1.807, 2.05) is 13.8 Å². The number of carbonyl (C=O) groups is 1. The minimum absolute atomic E-state index is 0.151. The average molecular weight is 323 g/mol. The molecular formula is C17H17N5O2. The van der Waals surface area contributed by atoms with Crippen molar-refractivity contribution >= 4 is 22.6 Å². The average Bonchev–Trinajstić information content (AvgIpc) is 2.58. The normalized spacial score (nSPS) is 12.3. The molecular weight excluding hydrogens is 306 g/mol. The van der Waals surface area contributed by atoms with Crippen molar-refractivity contribution in [3.05, 3.63) is 59.0 Å². The van der Waals surface area contributed by atoms with E-state index in [0.29, 0.717) is 16.7 Å². The summed E-state index contributed by atoms with van der Waals surface area (Å²) in [5.74, 6) is -0.0767. The summed E-state index contributed by atoms with van der Waals surface area (Å²) in [5.41, 5.74) is 0.168. The van der Waals surface area contributed by atoms with Gasteiger partial charge in [-0.25, -0.2) is 4.98 Å². The number of aromatic nitrogens is 4. The van der Waals surface area contributed by atoms with Gasteiger partial charge in [-0.3, -0.25) is 9.59 Å². The van der Waals surface area contributed by atoms with Gasteiger partial charge in [0.15, 0.2) is 0 Å². The molecule has 7 nitrogen and oxygen atoms in total. The first-order chi connectivity index (χ1) is 11.6. The van der Waals surface area contributed by atoms with Crippen LogP contribution in [0.25, 0.3) is 10.9 Å². The lowest BCUT2D eigenvalue weighted by Crippen LogP contribution is -2.38. The molecule has 7 heteroatoms. The van der Waals surface area contributed by atoms with Crippen molar-refractivity contribution in [1.82, 2.24) is 20.0 Å². The van der Waals surface area contributed by atoms with Crippen molar-refractivity contribution in [3.8, 4) is 0 Å². The second kappa shape index (κ2) is 6.57. The fraction of sp³-hybridized carbons (Fsp3) is 0.235. The van der Waals surface area contributed by atoms with Crippen LogP contribution in [0.15, 0.2) is 53.5 Å². The van der Waals surface area contributed by atoms with Gasteiger partial charge in [-0.2, -0.15) is 4.68 Å². The van der Waals surface area contributed by atoms with Crippen LogP contribution in [0.5, 0.6) is 0 Å². The molecule has 0 spiro atoms. The zero-order valence-electron chi connectivity index (χ0n) is 13.4. The van der Waals surface area contributed by atoms with E-state index in [9.17, 15) is 9.59 Å². The number of anilines is 1. The second-order valence-corrected chi connectivity index (χ2v) is 5.75. The van der Waals surface area contributed by atoms with Crippen molar-refractivity contribution in [3.63, 3.8) is 0 Å². The van der Waals surface area contributed by atoms with Gasteiger partial charge in [-0.1, -0.05) is 37.3 Å². The molecule has 0 saturated heterocycles. The van der Waals surface area contributed by atoms with Gasteiger partial charge in [-0.05, 0) is 30.2 Å². The molecule has 0 aliphatic carbocycles. The summed E-state index contributed by atoms with van der Waals surface area (Å²) < 4.78 is 1.14. The van der Waals surface area contributed by atoms with Crippen LogP contribution >= 0.6 is 0 Å². The Bertz CT molecular complexity index is 921. The Balaban J connectivity index is 2.01. The highest BCUT2D eigenvalue weighted by Gasteiger charge is 2.27. The summed E-state index contributed by atoms with van der Waals surface area (Å²) in [7, 11) is 0. The maximum absolute atomic E-state index is 12.7. The number of hydrogen-bond donors (Lipinski definition) is 1. The largest absolute Gasteiger partial charge is 0.309 e. The molecule has 2 aromatic heterocycles. The van der Waals surface area contributed by atoms with Crippen molar-refractivity contribution < 1.29 is 4.79 Å². The highest BCUT2D eigenvalue weighted by Crippen LogP contribution is 2.18. The van der Waals surface area contributed by atoms with E-state index < -0.39 is 6.04 Å². The van der Waals surface area contributed by atoms with Gasteiger partial charge < -0.3 is 5.32 Å². The molecule has 122 valence electrons. The Labute approximate surface area is 138 Å². The molecule has 0 fully saturated rings. The molecule has 1 unspecified atom stereocenters.